The second-order valence-corrected chi connectivity index (χ2v) is 8.31. The molecule has 1 aromatic carbocycles. The number of carbonyl (C=O) groups excluding carboxylic acids is 4. The summed E-state index contributed by atoms with van der Waals surface area (Å²) in [5, 5.41) is 11.7. The lowest BCUT2D eigenvalue weighted by Crippen LogP contribution is -2.54. The summed E-state index contributed by atoms with van der Waals surface area (Å²) in [6.07, 6.45) is 2.17. The van der Waals surface area contributed by atoms with E-state index < -0.39 is 42.0 Å². The normalized spacial score (nSPS) is 23.4. The number of amides is 4. The molecule has 1 aliphatic heterocycles. The number of ether oxygens (including phenoxy) is 1. The molecule has 3 atom stereocenters. The van der Waals surface area contributed by atoms with Crippen LogP contribution in [0, 0.1) is 17.2 Å². The zero-order valence-electron chi connectivity index (χ0n) is 18.4. The van der Waals surface area contributed by atoms with E-state index in [2.05, 4.69) is 5.32 Å². The summed E-state index contributed by atoms with van der Waals surface area (Å²) in [4.78, 5) is 53.1. The summed E-state index contributed by atoms with van der Waals surface area (Å²) in [6.45, 7) is 2.95. The molecule has 2 aliphatic rings. The minimum absolute atomic E-state index is 0.0196. The predicted molar refractivity (Wildman–Crippen MR) is 115 cm³/mol. The second-order valence-electron chi connectivity index (χ2n) is 8.31. The number of hydrogen-bond acceptors (Lipinski definition) is 6. The number of esters is 1. The molecule has 0 radical (unpaired) electrons. The molecule has 2 fully saturated rings. The molecule has 1 N–H and O–H groups in total. The van der Waals surface area contributed by atoms with Gasteiger partial charge in [-0.15, -0.1) is 0 Å². The van der Waals surface area contributed by atoms with Crippen molar-refractivity contribution in [2.45, 2.75) is 57.6 Å². The maximum atomic E-state index is 13.0. The molecule has 170 valence electrons. The molecule has 3 rings (SSSR count). The Morgan fingerprint density at radius 1 is 1.31 bits per heavy atom. The third kappa shape index (κ3) is 4.59. The Balaban J connectivity index is 1.65. The molecule has 1 aromatic rings. The lowest BCUT2D eigenvalue weighted by atomic mass is 9.73. The number of nitrogens with zero attached hydrogens (tertiary/aromatic N) is 3. The van der Waals surface area contributed by atoms with Crippen molar-refractivity contribution in [3.8, 4) is 6.07 Å². The first-order valence-corrected chi connectivity index (χ1v) is 10.9. The van der Waals surface area contributed by atoms with E-state index in [-0.39, 0.29) is 18.9 Å². The van der Waals surface area contributed by atoms with Crippen molar-refractivity contribution in [1.82, 2.24) is 10.2 Å². The van der Waals surface area contributed by atoms with Crippen LogP contribution in [0.3, 0.4) is 0 Å². The van der Waals surface area contributed by atoms with E-state index in [1.54, 1.807) is 30.3 Å². The topological polar surface area (TPSA) is 120 Å². The van der Waals surface area contributed by atoms with Crippen LogP contribution in [0.1, 0.15) is 46.0 Å². The van der Waals surface area contributed by atoms with Gasteiger partial charge in [0.15, 0.2) is 6.10 Å². The van der Waals surface area contributed by atoms with Crippen LogP contribution in [-0.2, 0) is 19.1 Å². The van der Waals surface area contributed by atoms with Crippen LogP contribution >= 0.6 is 0 Å². The van der Waals surface area contributed by atoms with E-state index in [1.165, 1.54) is 11.8 Å². The number of rotatable bonds is 7. The number of para-hydroxylation sites is 1. The average molecular weight is 441 g/mol. The molecule has 9 nitrogen and oxygen atoms in total. The molecule has 1 saturated heterocycles. The molecular weight excluding hydrogens is 412 g/mol. The van der Waals surface area contributed by atoms with Gasteiger partial charge in [-0.1, -0.05) is 38.0 Å². The smallest absolute Gasteiger partial charge is 0.327 e. The quantitative estimate of drug-likeness (QED) is 0.513. The molecule has 1 heterocycles. The first-order chi connectivity index (χ1) is 15.3. The summed E-state index contributed by atoms with van der Waals surface area (Å²) in [6, 6.07) is 10.2. The van der Waals surface area contributed by atoms with Crippen LogP contribution in [0.4, 0.5) is 10.5 Å². The fourth-order valence-electron chi connectivity index (χ4n) is 4.41. The van der Waals surface area contributed by atoms with E-state index in [0.29, 0.717) is 12.1 Å². The highest BCUT2D eigenvalue weighted by Crippen LogP contribution is 2.38. The van der Waals surface area contributed by atoms with Crippen molar-refractivity contribution in [1.29, 1.82) is 5.26 Å². The van der Waals surface area contributed by atoms with Crippen LogP contribution in [-0.4, -0.2) is 53.4 Å². The Kier molecular flexibility index (Phi) is 7.13. The number of imide groups is 1. The Hall–Kier alpha value is -3.41. The number of urea groups is 1. The molecule has 9 heteroatoms. The number of hydrogen-bond donors (Lipinski definition) is 1. The highest BCUT2D eigenvalue weighted by Gasteiger charge is 2.55. The molecular formula is C23H28N4O5. The molecule has 0 unspecified atom stereocenters. The van der Waals surface area contributed by atoms with Gasteiger partial charge < -0.3 is 15.0 Å². The summed E-state index contributed by atoms with van der Waals surface area (Å²) >= 11 is 0. The van der Waals surface area contributed by atoms with Gasteiger partial charge in [-0.2, -0.15) is 5.26 Å². The summed E-state index contributed by atoms with van der Waals surface area (Å²) in [5.41, 5.74) is -0.378. The standard InChI is InChI=1S/C23H28N4O5/c1-16-9-6-7-12-23(16)21(30)27(22(31)25-23)15-19(28)32-17(2)20(29)26(14-8-13-24)18-10-4-3-5-11-18/h3-5,10-11,16-17H,6-9,12,14-15H2,1-2H3,(H,25,31)/t16-,17-,23-/m0/s1. The molecule has 32 heavy (non-hydrogen) atoms. The number of anilines is 1. The minimum atomic E-state index is -1.15. The van der Waals surface area contributed by atoms with Crippen molar-refractivity contribution in [3.63, 3.8) is 0 Å². The van der Waals surface area contributed by atoms with Crippen LogP contribution in [0.25, 0.3) is 0 Å². The number of benzene rings is 1. The van der Waals surface area contributed by atoms with Gasteiger partial charge in [0.2, 0.25) is 0 Å². The van der Waals surface area contributed by atoms with E-state index >= 15 is 0 Å². The summed E-state index contributed by atoms with van der Waals surface area (Å²) < 4.78 is 5.27. The fraction of sp³-hybridized carbons (Fsp3) is 0.522. The average Bonchev–Trinajstić information content (AvgIpc) is 3.01. The number of carbonyl (C=O) groups is 4. The van der Waals surface area contributed by atoms with Crippen molar-refractivity contribution in [2.24, 2.45) is 5.92 Å². The maximum absolute atomic E-state index is 13.0. The second kappa shape index (κ2) is 9.81. The molecule has 1 aliphatic carbocycles. The van der Waals surface area contributed by atoms with Gasteiger partial charge in [0.05, 0.1) is 12.5 Å². The Labute approximate surface area is 187 Å². The van der Waals surface area contributed by atoms with Crippen molar-refractivity contribution in [2.75, 3.05) is 18.0 Å². The third-order valence-corrected chi connectivity index (χ3v) is 6.23. The molecule has 1 saturated carbocycles. The monoisotopic (exact) mass is 440 g/mol. The van der Waals surface area contributed by atoms with E-state index in [0.717, 1.165) is 24.2 Å². The van der Waals surface area contributed by atoms with Crippen LogP contribution in [0.2, 0.25) is 0 Å². The van der Waals surface area contributed by atoms with Crippen LogP contribution < -0.4 is 10.2 Å². The lowest BCUT2D eigenvalue weighted by Gasteiger charge is -2.36. The van der Waals surface area contributed by atoms with Crippen molar-refractivity contribution < 1.29 is 23.9 Å². The first kappa shape index (κ1) is 23.3. The molecule has 4 amide bonds. The van der Waals surface area contributed by atoms with Gasteiger partial charge >= 0.3 is 12.0 Å². The summed E-state index contributed by atoms with van der Waals surface area (Å²) in [7, 11) is 0. The highest BCUT2D eigenvalue weighted by atomic mass is 16.5. The van der Waals surface area contributed by atoms with Gasteiger partial charge in [-0.05, 0) is 37.8 Å². The Bertz CT molecular complexity index is 928. The van der Waals surface area contributed by atoms with Gasteiger partial charge in [-0.3, -0.25) is 19.3 Å². The Morgan fingerprint density at radius 3 is 2.69 bits per heavy atom. The van der Waals surface area contributed by atoms with Crippen molar-refractivity contribution in [3.05, 3.63) is 30.3 Å². The maximum Gasteiger partial charge on any atom is 0.327 e. The van der Waals surface area contributed by atoms with Crippen molar-refractivity contribution >= 4 is 29.5 Å². The molecule has 0 aromatic heterocycles. The zero-order chi connectivity index (χ0) is 23.3. The number of nitrogens with one attached hydrogen (secondary N) is 1. The molecule has 1 spiro atoms. The molecule has 0 bridgehead atoms. The van der Waals surface area contributed by atoms with E-state index in [4.69, 9.17) is 10.00 Å². The van der Waals surface area contributed by atoms with Gasteiger partial charge in [-0.25, -0.2) is 4.79 Å². The first-order valence-electron chi connectivity index (χ1n) is 10.9. The predicted octanol–water partition coefficient (Wildman–Crippen LogP) is 2.37. The fourth-order valence-corrected chi connectivity index (χ4v) is 4.41. The van der Waals surface area contributed by atoms with E-state index in [1.807, 2.05) is 13.0 Å². The number of nitriles is 1. The third-order valence-electron chi connectivity index (χ3n) is 6.23. The SMILES string of the molecule is C[C@H](OC(=O)CN1C(=O)N[C@]2(CCCC[C@@H]2C)C1=O)C(=O)N(CCC#N)c1ccccc1. The lowest BCUT2D eigenvalue weighted by molar-refractivity contribution is -0.156. The van der Waals surface area contributed by atoms with Crippen LogP contribution in [0.15, 0.2) is 30.3 Å². The summed E-state index contributed by atoms with van der Waals surface area (Å²) in [5.74, 6) is -1.77. The van der Waals surface area contributed by atoms with Gasteiger partial charge in [0.1, 0.15) is 12.1 Å². The van der Waals surface area contributed by atoms with Gasteiger partial charge in [0.25, 0.3) is 11.8 Å². The van der Waals surface area contributed by atoms with Crippen LogP contribution in [0.5, 0.6) is 0 Å². The Morgan fingerprint density at radius 2 is 2.03 bits per heavy atom. The highest BCUT2D eigenvalue weighted by molar-refractivity contribution is 6.09. The largest absolute Gasteiger partial charge is 0.451 e. The zero-order valence-corrected chi connectivity index (χ0v) is 18.4. The van der Waals surface area contributed by atoms with Gasteiger partial charge in [0, 0.05) is 12.2 Å². The van der Waals surface area contributed by atoms with E-state index in [9.17, 15) is 19.2 Å². The minimum Gasteiger partial charge on any atom is -0.451 e.